The SMILES string of the molecule is c1csc(-c2nc(N3CCCC(c4nncn4C4CC4)C3)c3ccccc3n2)c1. The summed E-state index contributed by atoms with van der Waals surface area (Å²) in [5, 5.41) is 11.9. The number of rotatable bonds is 4. The molecule has 1 aliphatic carbocycles. The van der Waals surface area contributed by atoms with Crippen LogP contribution in [0.1, 0.15) is 43.5 Å². The third-order valence-electron chi connectivity index (χ3n) is 5.95. The van der Waals surface area contributed by atoms with Crippen molar-refractivity contribution in [3.8, 4) is 10.7 Å². The molecule has 0 spiro atoms. The standard InChI is InChI=1S/C22H22N6S/c1-2-7-18-17(6-1)22(25-20(24-18)19-8-4-12-29-19)27-11-3-5-15(13-27)21-26-23-14-28(21)16-9-10-16/h1-2,4,6-8,12,14-16H,3,5,9-11,13H2. The molecule has 6 nitrogen and oxygen atoms in total. The zero-order valence-electron chi connectivity index (χ0n) is 16.1. The second kappa shape index (κ2) is 6.91. The van der Waals surface area contributed by atoms with Crippen molar-refractivity contribution >= 4 is 28.1 Å². The number of hydrogen-bond donors (Lipinski definition) is 0. The number of nitrogens with zero attached hydrogens (tertiary/aromatic N) is 6. The van der Waals surface area contributed by atoms with Crippen LogP contribution in [-0.4, -0.2) is 37.8 Å². The molecule has 0 amide bonds. The minimum Gasteiger partial charge on any atom is -0.355 e. The molecule has 3 aromatic heterocycles. The van der Waals surface area contributed by atoms with Crippen molar-refractivity contribution in [3.63, 3.8) is 0 Å². The molecule has 0 bridgehead atoms. The maximum absolute atomic E-state index is 5.04. The molecule has 0 N–H and O–H groups in total. The Labute approximate surface area is 173 Å². The molecule has 2 fully saturated rings. The predicted molar refractivity (Wildman–Crippen MR) is 115 cm³/mol. The highest BCUT2D eigenvalue weighted by atomic mass is 32.1. The lowest BCUT2D eigenvalue weighted by atomic mass is 9.96. The summed E-state index contributed by atoms with van der Waals surface area (Å²) in [6.45, 7) is 1.94. The number of anilines is 1. The summed E-state index contributed by atoms with van der Waals surface area (Å²) in [7, 11) is 0. The molecular formula is C22H22N6S. The van der Waals surface area contributed by atoms with Crippen LogP contribution >= 0.6 is 11.3 Å². The molecule has 1 saturated heterocycles. The van der Waals surface area contributed by atoms with E-state index in [0.29, 0.717) is 12.0 Å². The normalized spacial score (nSPS) is 19.7. The van der Waals surface area contributed by atoms with Crippen LogP contribution in [0, 0.1) is 0 Å². The van der Waals surface area contributed by atoms with E-state index < -0.39 is 0 Å². The molecular weight excluding hydrogens is 380 g/mol. The highest BCUT2D eigenvalue weighted by Crippen LogP contribution is 2.39. The number of benzene rings is 1. The van der Waals surface area contributed by atoms with Crippen LogP contribution in [0.3, 0.4) is 0 Å². The molecule has 7 heteroatoms. The first-order valence-electron chi connectivity index (χ1n) is 10.3. The number of piperidine rings is 1. The van der Waals surface area contributed by atoms with Crippen LogP contribution in [-0.2, 0) is 0 Å². The molecule has 0 radical (unpaired) electrons. The van der Waals surface area contributed by atoms with Crippen molar-refractivity contribution in [2.45, 2.75) is 37.6 Å². The van der Waals surface area contributed by atoms with Gasteiger partial charge in [-0.25, -0.2) is 9.97 Å². The van der Waals surface area contributed by atoms with Crippen LogP contribution < -0.4 is 4.90 Å². The smallest absolute Gasteiger partial charge is 0.172 e. The van der Waals surface area contributed by atoms with E-state index in [-0.39, 0.29) is 0 Å². The average Bonchev–Trinajstić information content (AvgIpc) is 3.26. The van der Waals surface area contributed by atoms with Gasteiger partial charge in [0.15, 0.2) is 5.82 Å². The molecule has 1 atom stereocenters. The first-order chi connectivity index (χ1) is 14.4. The van der Waals surface area contributed by atoms with Crippen LogP contribution in [0.2, 0.25) is 0 Å². The van der Waals surface area contributed by atoms with Gasteiger partial charge in [-0.2, -0.15) is 0 Å². The van der Waals surface area contributed by atoms with E-state index in [1.807, 2.05) is 6.33 Å². The van der Waals surface area contributed by atoms with E-state index >= 15 is 0 Å². The number of aromatic nitrogens is 5. The number of hydrogen-bond acceptors (Lipinski definition) is 6. The molecule has 4 aromatic rings. The van der Waals surface area contributed by atoms with E-state index in [0.717, 1.165) is 59.2 Å². The fraction of sp³-hybridized carbons (Fsp3) is 0.364. The van der Waals surface area contributed by atoms with Gasteiger partial charge in [0.1, 0.15) is 18.0 Å². The summed E-state index contributed by atoms with van der Waals surface area (Å²) < 4.78 is 2.31. The Morgan fingerprint density at radius 1 is 1.00 bits per heavy atom. The Morgan fingerprint density at radius 3 is 2.79 bits per heavy atom. The van der Waals surface area contributed by atoms with Gasteiger partial charge in [0.05, 0.1) is 10.4 Å². The summed E-state index contributed by atoms with van der Waals surface area (Å²) in [5.74, 6) is 3.40. The summed E-state index contributed by atoms with van der Waals surface area (Å²) in [4.78, 5) is 13.4. The van der Waals surface area contributed by atoms with Crippen molar-refractivity contribution in [2.24, 2.45) is 0 Å². The predicted octanol–water partition coefficient (Wildman–Crippen LogP) is 4.67. The zero-order chi connectivity index (χ0) is 19.2. The van der Waals surface area contributed by atoms with E-state index in [1.165, 1.54) is 12.8 Å². The Morgan fingerprint density at radius 2 is 1.93 bits per heavy atom. The van der Waals surface area contributed by atoms with Gasteiger partial charge in [0.25, 0.3) is 0 Å². The van der Waals surface area contributed by atoms with E-state index in [2.05, 4.69) is 61.4 Å². The molecule has 146 valence electrons. The highest BCUT2D eigenvalue weighted by Gasteiger charge is 2.32. The second-order valence-electron chi connectivity index (χ2n) is 7.98. The van der Waals surface area contributed by atoms with Gasteiger partial charge >= 0.3 is 0 Å². The third kappa shape index (κ3) is 3.09. The van der Waals surface area contributed by atoms with Gasteiger partial charge < -0.3 is 9.47 Å². The third-order valence-corrected chi connectivity index (χ3v) is 6.82. The first-order valence-corrected chi connectivity index (χ1v) is 11.2. The average molecular weight is 403 g/mol. The van der Waals surface area contributed by atoms with Gasteiger partial charge in [0, 0.05) is 30.4 Å². The van der Waals surface area contributed by atoms with Crippen molar-refractivity contribution in [1.82, 2.24) is 24.7 Å². The topological polar surface area (TPSA) is 59.7 Å². The minimum atomic E-state index is 0.394. The number of fused-ring (bicyclic) bond motifs is 1. The molecule has 4 heterocycles. The minimum absolute atomic E-state index is 0.394. The first kappa shape index (κ1) is 17.1. The highest BCUT2D eigenvalue weighted by molar-refractivity contribution is 7.13. The fourth-order valence-corrected chi connectivity index (χ4v) is 5.03. The van der Waals surface area contributed by atoms with Crippen molar-refractivity contribution in [1.29, 1.82) is 0 Å². The lowest BCUT2D eigenvalue weighted by Crippen LogP contribution is -2.36. The zero-order valence-corrected chi connectivity index (χ0v) is 16.9. The van der Waals surface area contributed by atoms with E-state index in [1.54, 1.807) is 11.3 Å². The number of thiophene rings is 1. The Hall–Kier alpha value is -2.80. The van der Waals surface area contributed by atoms with Gasteiger partial charge in [-0.3, -0.25) is 0 Å². The maximum atomic E-state index is 5.04. The van der Waals surface area contributed by atoms with Gasteiger partial charge in [0.2, 0.25) is 0 Å². The molecule has 6 rings (SSSR count). The lowest BCUT2D eigenvalue weighted by Gasteiger charge is -2.34. The molecule has 1 unspecified atom stereocenters. The molecule has 1 aliphatic heterocycles. The van der Waals surface area contributed by atoms with Crippen LogP contribution in [0.4, 0.5) is 5.82 Å². The monoisotopic (exact) mass is 402 g/mol. The molecule has 29 heavy (non-hydrogen) atoms. The Bertz CT molecular complexity index is 1150. The Kier molecular flexibility index (Phi) is 4.08. The van der Waals surface area contributed by atoms with Crippen molar-refractivity contribution in [2.75, 3.05) is 18.0 Å². The summed E-state index contributed by atoms with van der Waals surface area (Å²) in [5.41, 5.74) is 1.00. The van der Waals surface area contributed by atoms with Crippen LogP contribution in [0.15, 0.2) is 48.1 Å². The largest absolute Gasteiger partial charge is 0.355 e. The Balaban J connectivity index is 1.40. The molecule has 2 aliphatic rings. The molecule has 1 aromatic carbocycles. The van der Waals surface area contributed by atoms with Gasteiger partial charge in [-0.05, 0) is 49.3 Å². The quantitative estimate of drug-likeness (QED) is 0.496. The van der Waals surface area contributed by atoms with Crippen LogP contribution in [0.25, 0.3) is 21.6 Å². The summed E-state index contributed by atoms with van der Waals surface area (Å²) >= 11 is 1.69. The lowest BCUT2D eigenvalue weighted by molar-refractivity contribution is 0.470. The second-order valence-corrected chi connectivity index (χ2v) is 8.93. The van der Waals surface area contributed by atoms with E-state index in [9.17, 15) is 0 Å². The summed E-state index contributed by atoms with van der Waals surface area (Å²) in [6, 6.07) is 13.1. The molecule has 1 saturated carbocycles. The van der Waals surface area contributed by atoms with Gasteiger partial charge in [-0.1, -0.05) is 18.2 Å². The van der Waals surface area contributed by atoms with Crippen molar-refractivity contribution in [3.05, 3.63) is 53.9 Å². The maximum Gasteiger partial charge on any atom is 0.172 e. The van der Waals surface area contributed by atoms with Crippen molar-refractivity contribution < 1.29 is 0 Å². The van der Waals surface area contributed by atoms with Gasteiger partial charge in [-0.15, -0.1) is 21.5 Å². The fourth-order valence-electron chi connectivity index (χ4n) is 4.38. The number of para-hydroxylation sites is 1. The van der Waals surface area contributed by atoms with Crippen LogP contribution in [0.5, 0.6) is 0 Å². The summed E-state index contributed by atoms with van der Waals surface area (Å²) in [6.07, 6.45) is 6.71. The van der Waals surface area contributed by atoms with E-state index in [4.69, 9.17) is 9.97 Å².